The van der Waals surface area contributed by atoms with Crippen molar-refractivity contribution in [2.75, 3.05) is 13.1 Å². The molecule has 1 amide bonds. The maximum Gasteiger partial charge on any atom is 0.227 e. The summed E-state index contributed by atoms with van der Waals surface area (Å²) in [4.78, 5) is 11.9. The van der Waals surface area contributed by atoms with E-state index in [9.17, 15) is 4.79 Å². The van der Waals surface area contributed by atoms with E-state index in [0.717, 1.165) is 5.56 Å². The van der Waals surface area contributed by atoms with E-state index in [1.165, 1.54) is 10.1 Å². The molecule has 1 heterocycles. The van der Waals surface area contributed by atoms with Gasteiger partial charge in [-0.1, -0.05) is 18.2 Å². The van der Waals surface area contributed by atoms with Crippen LogP contribution < -0.4 is 11.1 Å². The number of hydrogen-bond donors (Lipinski definition) is 2. The molecule has 0 aliphatic carbocycles. The molecule has 0 aliphatic heterocycles. The van der Waals surface area contributed by atoms with E-state index >= 15 is 0 Å². The monoisotopic (exact) mass is 248 g/mol. The summed E-state index contributed by atoms with van der Waals surface area (Å²) in [5.74, 6) is -0.0864. The van der Waals surface area contributed by atoms with Crippen LogP contribution in [0.3, 0.4) is 0 Å². The lowest BCUT2D eigenvalue weighted by atomic mass is 10.00. The van der Waals surface area contributed by atoms with Gasteiger partial charge in [-0.15, -0.1) is 11.3 Å². The molecule has 3 N–H and O–H groups in total. The highest BCUT2D eigenvalue weighted by atomic mass is 32.1. The number of nitrogens with one attached hydrogen (secondary N) is 1. The second kappa shape index (κ2) is 5.29. The van der Waals surface area contributed by atoms with Crippen molar-refractivity contribution in [1.29, 1.82) is 0 Å². The third-order valence-electron chi connectivity index (χ3n) is 2.81. The predicted octanol–water partition coefficient (Wildman–Crippen LogP) is 2.08. The zero-order valence-electron chi connectivity index (χ0n) is 9.77. The Kier molecular flexibility index (Phi) is 3.76. The first-order chi connectivity index (χ1) is 8.24. The normalized spacial score (nSPS) is 12.6. The second-order valence-electron chi connectivity index (χ2n) is 3.99. The van der Waals surface area contributed by atoms with Gasteiger partial charge in [-0.25, -0.2) is 0 Å². The highest BCUT2D eigenvalue weighted by Gasteiger charge is 2.17. The van der Waals surface area contributed by atoms with E-state index < -0.39 is 0 Å². The Morgan fingerprint density at radius 3 is 3.00 bits per heavy atom. The summed E-state index contributed by atoms with van der Waals surface area (Å²) < 4.78 is 1.22. The first-order valence-electron chi connectivity index (χ1n) is 5.68. The number of thiophene rings is 1. The number of hydrogen-bond acceptors (Lipinski definition) is 3. The average Bonchev–Trinajstić information content (AvgIpc) is 2.78. The molecule has 17 heavy (non-hydrogen) atoms. The number of carbonyl (C=O) groups is 1. The molecule has 0 aliphatic rings. The summed E-state index contributed by atoms with van der Waals surface area (Å²) in [6, 6.07) is 8.16. The summed E-state index contributed by atoms with van der Waals surface area (Å²) in [6.45, 7) is 2.94. The van der Waals surface area contributed by atoms with E-state index in [2.05, 4.69) is 22.8 Å². The minimum Gasteiger partial charge on any atom is -0.354 e. The fraction of sp³-hybridized carbons (Fsp3) is 0.308. The van der Waals surface area contributed by atoms with Crippen LogP contribution in [0.4, 0.5) is 0 Å². The lowest BCUT2D eigenvalue weighted by Crippen LogP contribution is -2.32. The van der Waals surface area contributed by atoms with Crippen LogP contribution in [0.2, 0.25) is 0 Å². The molecule has 0 saturated carbocycles. The van der Waals surface area contributed by atoms with Crippen LogP contribution in [-0.4, -0.2) is 19.0 Å². The van der Waals surface area contributed by atoms with Crippen LogP contribution in [0.1, 0.15) is 18.4 Å². The van der Waals surface area contributed by atoms with Gasteiger partial charge in [-0.05, 0) is 29.3 Å². The van der Waals surface area contributed by atoms with Gasteiger partial charge in [0.15, 0.2) is 0 Å². The number of amides is 1. The van der Waals surface area contributed by atoms with E-state index in [1.54, 1.807) is 11.3 Å². The SMILES string of the molecule is CC(C(=O)NCCN)c1csc2ccccc12. The Labute approximate surface area is 105 Å². The maximum absolute atomic E-state index is 11.9. The molecule has 1 atom stereocenters. The molecule has 1 unspecified atom stereocenters. The molecular weight excluding hydrogens is 232 g/mol. The van der Waals surface area contributed by atoms with Gasteiger partial charge in [0.2, 0.25) is 5.91 Å². The third kappa shape index (κ3) is 2.48. The predicted molar refractivity (Wildman–Crippen MR) is 72.3 cm³/mol. The van der Waals surface area contributed by atoms with Crippen molar-refractivity contribution in [3.05, 3.63) is 35.2 Å². The highest BCUT2D eigenvalue weighted by Crippen LogP contribution is 2.31. The molecule has 3 nitrogen and oxygen atoms in total. The maximum atomic E-state index is 11.9. The Balaban J connectivity index is 2.24. The second-order valence-corrected chi connectivity index (χ2v) is 4.90. The van der Waals surface area contributed by atoms with E-state index in [0.29, 0.717) is 13.1 Å². The molecule has 2 aromatic rings. The lowest BCUT2D eigenvalue weighted by Gasteiger charge is -2.11. The quantitative estimate of drug-likeness (QED) is 0.870. The molecule has 4 heteroatoms. The zero-order valence-corrected chi connectivity index (χ0v) is 10.6. The van der Waals surface area contributed by atoms with Crippen LogP contribution in [0.5, 0.6) is 0 Å². The number of nitrogens with two attached hydrogens (primary N) is 1. The summed E-state index contributed by atoms with van der Waals surface area (Å²) in [7, 11) is 0. The first kappa shape index (κ1) is 12.1. The van der Waals surface area contributed by atoms with Gasteiger partial charge < -0.3 is 11.1 Å². The molecule has 0 fully saturated rings. The van der Waals surface area contributed by atoms with Crippen LogP contribution >= 0.6 is 11.3 Å². The number of fused-ring (bicyclic) bond motifs is 1. The Morgan fingerprint density at radius 1 is 1.47 bits per heavy atom. The van der Waals surface area contributed by atoms with Crippen molar-refractivity contribution in [1.82, 2.24) is 5.32 Å². The molecule has 0 bridgehead atoms. The molecule has 2 rings (SSSR count). The summed E-state index contributed by atoms with van der Waals surface area (Å²) in [5, 5.41) is 6.07. The summed E-state index contributed by atoms with van der Waals surface area (Å²) in [5.41, 5.74) is 6.47. The number of carbonyl (C=O) groups excluding carboxylic acids is 1. The fourth-order valence-corrected chi connectivity index (χ4v) is 2.88. The van der Waals surface area contributed by atoms with Crippen molar-refractivity contribution >= 4 is 27.3 Å². The average molecular weight is 248 g/mol. The van der Waals surface area contributed by atoms with Crippen molar-refractivity contribution in [3.63, 3.8) is 0 Å². The van der Waals surface area contributed by atoms with Gasteiger partial charge in [-0.3, -0.25) is 4.79 Å². The molecule has 0 saturated heterocycles. The van der Waals surface area contributed by atoms with Gasteiger partial charge in [0, 0.05) is 17.8 Å². The van der Waals surface area contributed by atoms with Gasteiger partial charge in [0.05, 0.1) is 5.92 Å². The largest absolute Gasteiger partial charge is 0.354 e. The van der Waals surface area contributed by atoms with Gasteiger partial charge in [0.25, 0.3) is 0 Å². The fourth-order valence-electron chi connectivity index (χ4n) is 1.82. The van der Waals surface area contributed by atoms with Crippen molar-refractivity contribution in [2.24, 2.45) is 5.73 Å². The molecule has 1 aromatic carbocycles. The lowest BCUT2D eigenvalue weighted by molar-refractivity contribution is -0.122. The van der Waals surface area contributed by atoms with E-state index in [4.69, 9.17) is 5.73 Å². The third-order valence-corrected chi connectivity index (χ3v) is 3.80. The molecule has 0 radical (unpaired) electrons. The van der Waals surface area contributed by atoms with Gasteiger partial charge >= 0.3 is 0 Å². The minimum absolute atomic E-state index is 0.0407. The smallest absolute Gasteiger partial charge is 0.227 e. The summed E-state index contributed by atoms with van der Waals surface area (Å²) >= 11 is 1.68. The van der Waals surface area contributed by atoms with Crippen LogP contribution in [0.15, 0.2) is 29.6 Å². The van der Waals surface area contributed by atoms with Crippen molar-refractivity contribution in [3.8, 4) is 0 Å². The van der Waals surface area contributed by atoms with Crippen molar-refractivity contribution in [2.45, 2.75) is 12.8 Å². The standard InChI is InChI=1S/C13H16N2OS/c1-9(13(16)15-7-6-14)11-8-17-12-5-3-2-4-10(11)12/h2-5,8-9H,6-7,14H2,1H3,(H,15,16). The molecule has 0 spiro atoms. The van der Waals surface area contributed by atoms with Crippen LogP contribution in [-0.2, 0) is 4.79 Å². The minimum atomic E-state index is -0.127. The Bertz CT molecular complexity index is 521. The summed E-state index contributed by atoms with van der Waals surface area (Å²) in [6.07, 6.45) is 0. The topological polar surface area (TPSA) is 55.1 Å². The molecule has 1 aromatic heterocycles. The van der Waals surface area contributed by atoms with Crippen LogP contribution in [0.25, 0.3) is 10.1 Å². The Morgan fingerprint density at radius 2 is 2.24 bits per heavy atom. The molecular formula is C13H16N2OS. The molecule has 90 valence electrons. The van der Waals surface area contributed by atoms with Gasteiger partial charge in [0.1, 0.15) is 0 Å². The first-order valence-corrected chi connectivity index (χ1v) is 6.56. The number of rotatable bonds is 4. The Hall–Kier alpha value is -1.39. The number of benzene rings is 1. The van der Waals surface area contributed by atoms with Crippen molar-refractivity contribution < 1.29 is 4.79 Å². The van der Waals surface area contributed by atoms with E-state index in [1.807, 2.05) is 19.1 Å². The zero-order chi connectivity index (χ0) is 12.3. The van der Waals surface area contributed by atoms with Gasteiger partial charge in [-0.2, -0.15) is 0 Å². The highest BCUT2D eigenvalue weighted by molar-refractivity contribution is 7.17. The van der Waals surface area contributed by atoms with Crippen LogP contribution in [0, 0.1) is 0 Å². The van der Waals surface area contributed by atoms with E-state index in [-0.39, 0.29) is 11.8 Å².